The first-order valence-corrected chi connectivity index (χ1v) is 11.1. The fraction of sp³-hybridized carbons (Fsp3) is 0.435. The zero-order valence-electron chi connectivity index (χ0n) is 17.4. The topological polar surface area (TPSA) is 96.2 Å². The zero-order valence-corrected chi connectivity index (χ0v) is 18.3. The summed E-state index contributed by atoms with van der Waals surface area (Å²) in [5.74, 6) is 1.06. The minimum absolute atomic E-state index is 0. The third-order valence-electron chi connectivity index (χ3n) is 5.79. The number of rotatable bonds is 6. The van der Waals surface area contributed by atoms with Crippen LogP contribution < -0.4 is 16.4 Å². The highest BCUT2D eigenvalue weighted by Crippen LogP contribution is 2.26. The number of pyridine rings is 1. The van der Waals surface area contributed by atoms with E-state index in [1.54, 1.807) is 6.20 Å². The van der Waals surface area contributed by atoms with Crippen LogP contribution in [0.2, 0.25) is 0 Å². The van der Waals surface area contributed by atoms with Crippen LogP contribution >= 0.6 is 11.5 Å². The van der Waals surface area contributed by atoms with Crippen molar-refractivity contribution in [1.29, 1.82) is 0 Å². The van der Waals surface area contributed by atoms with E-state index in [1.165, 1.54) is 24.4 Å². The first kappa shape index (κ1) is 23.0. The van der Waals surface area contributed by atoms with Gasteiger partial charge in [-0.05, 0) is 80.4 Å². The standard InChI is InChI=1S/C22H28N6OS.CH4/c1-14-19(25-12-15-6-9-28(2)10-7-15)20(30-27-14)22(29)26-13-16-3-4-18-17(11-16)5-8-24-21(18)23;/h3-5,8,11,15,25H,6-7,9-10,12-13H2,1-2H3,(H2,23,24)(H,26,29);1H4. The number of carbonyl (C=O) groups is 1. The summed E-state index contributed by atoms with van der Waals surface area (Å²) in [4.78, 5) is 20.0. The van der Waals surface area contributed by atoms with Crippen molar-refractivity contribution in [1.82, 2.24) is 19.6 Å². The lowest BCUT2D eigenvalue weighted by atomic mass is 9.97. The Morgan fingerprint density at radius 3 is 2.84 bits per heavy atom. The molecule has 4 rings (SSSR count). The maximum Gasteiger partial charge on any atom is 0.265 e. The normalized spacial score (nSPS) is 14.9. The minimum Gasteiger partial charge on any atom is -0.383 e. The van der Waals surface area contributed by atoms with E-state index in [9.17, 15) is 4.79 Å². The quantitative estimate of drug-likeness (QED) is 0.538. The Bertz CT molecular complexity index is 1040. The van der Waals surface area contributed by atoms with Gasteiger partial charge >= 0.3 is 0 Å². The number of nitrogens with zero attached hydrogens (tertiary/aromatic N) is 3. The molecule has 0 radical (unpaired) electrons. The summed E-state index contributed by atoms with van der Waals surface area (Å²) in [6.45, 7) is 5.55. The van der Waals surface area contributed by atoms with Crippen LogP contribution in [-0.4, -0.2) is 46.8 Å². The van der Waals surface area contributed by atoms with Crippen LogP contribution in [0.25, 0.3) is 10.8 Å². The van der Waals surface area contributed by atoms with E-state index in [0.717, 1.165) is 47.4 Å². The van der Waals surface area contributed by atoms with Gasteiger partial charge in [0.15, 0.2) is 0 Å². The van der Waals surface area contributed by atoms with Crippen LogP contribution in [-0.2, 0) is 6.54 Å². The average Bonchev–Trinajstić information content (AvgIpc) is 3.12. The molecule has 8 heteroatoms. The van der Waals surface area contributed by atoms with Crippen LogP contribution in [0.5, 0.6) is 0 Å². The van der Waals surface area contributed by atoms with E-state index in [2.05, 4.69) is 31.9 Å². The summed E-state index contributed by atoms with van der Waals surface area (Å²) in [6.07, 6.45) is 4.07. The van der Waals surface area contributed by atoms with Crippen molar-refractivity contribution < 1.29 is 4.79 Å². The minimum atomic E-state index is -0.0965. The molecule has 1 aliphatic rings. The number of hydrogen-bond donors (Lipinski definition) is 3. The van der Waals surface area contributed by atoms with Gasteiger partial charge < -0.3 is 21.3 Å². The molecule has 0 spiro atoms. The molecule has 31 heavy (non-hydrogen) atoms. The van der Waals surface area contributed by atoms with Gasteiger partial charge in [-0.3, -0.25) is 4.79 Å². The lowest BCUT2D eigenvalue weighted by Crippen LogP contribution is -2.33. The van der Waals surface area contributed by atoms with Crippen LogP contribution in [0.3, 0.4) is 0 Å². The molecule has 0 aliphatic carbocycles. The summed E-state index contributed by atoms with van der Waals surface area (Å²) in [5.41, 5.74) is 8.68. The number of benzene rings is 1. The number of amides is 1. The number of fused-ring (bicyclic) bond motifs is 1. The summed E-state index contributed by atoms with van der Waals surface area (Å²) in [5, 5.41) is 8.47. The van der Waals surface area contributed by atoms with Gasteiger partial charge in [0.2, 0.25) is 0 Å². The fourth-order valence-electron chi connectivity index (χ4n) is 3.87. The molecule has 1 saturated heterocycles. The molecule has 2 aromatic heterocycles. The summed E-state index contributed by atoms with van der Waals surface area (Å²) in [6, 6.07) is 7.88. The molecule has 1 fully saturated rings. The highest BCUT2D eigenvalue weighted by Gasteiger charge is 2.21. The molecular formula is C23H32N6OS. The van der Waals surface area contributed by atoms with E-state index in [0.29, 0.717) is 23.2 Å². The van der Waals surface area contributed by atoms with Crippen molar-refractivity contribution in [3.8, 4) is 0 Å². The molecule has 0 bridgehead atoms. The maximum atomic E-state index is 12.8. The van der Waals surface area contributed by atoms with Crippen LogP contribution in [0.15, 0.2) is 30.5 Å². The Kier molecular flexibility index (Phi) is 7.46. The number of piperidine rings is 1. The van der Waals surface area contributed by atoms with Crippen molar-refractivity contribution in [2.45, 2.75) is 33.7 Å². The van der Waals surface area contributed by atoms with E-state index in [1.807, 2.05) is 31.2 Å². The van der Waals surface area contributed by atoms with Crippen molar-refractivity contribution in [2.24, 2.45) is 5.92 Å². The van der Waals surface area contributed by atoms with Gasteiger partial charge in [0.1, 0.15) is 10.7 Å². The highest BCUT2D eigenvalue weighted by molar-refractivity contribution is 7.08. The second-order valence-corrected chi connectivity index (χ2v) is 8.81. The van der Waals surface area contributed by atoms with E-state index >= 15 is 0 Å². The number of carbonyl (C=O) groups excluding carboxylic acids is 1. The number of likely N-dealkylation sites (tertiary alicyclic amines) is 1. The van der Waals surface area contributed by atoms with Crippen molar-refractivity contribution in [3.05, 3.63) is 46.6 Å². The van der Waals surface area contributed by atoms with Crippen molar-refractivity contribution in [2.75, 3.05) is 37.7 Å². The smallest absolute Gasteiger partial charge is 0.265 e. The number of nitrogens with two attached hydrogens (primary N) is 1. The van der Waals surface area contributed by atoms with E-state index in [4.69, 9.17) is 5.73 Å². The third-order valence-corrected chi connectivity index (χ3v) is 6.72. The third kappa shape index (κ3) is 5.32. The van der Waals surface area contributed by atoms with Gasteiger partial charge in [-0.25, -0.2) is 4.98 Å². The van der Waals surface area contributed by atoms with Gasteiger partial charge in [0, 0.05) is 24.7 Å². The first-order chi connectivity index (χ1) is 14.5. The molecule has 1 aliphatic heterocycles. The molecule has 4 N–H and O–H groups in total. The molecule has 7 nitrogen and oxygen atoms in total. The molecule has 1 amide bonds. The number of aromatic nitrogens is 2. The number of aryl methyl sites for hydroxylation is 1. The lowest BCUT2D eigenvalue weighted by Gasteiger charge is -2.29. The molecule has 0 saturated carbocycles. The molecule has 0 unspecified atom stereocenters. The van der Waals surface area contributed by atoms with Crippen molar-refractivity contribution in [3.63, 3.8) is 0 Å². The van der Waals surface area contributed by atoms with E-state index < -0.39 is 0 Å². The fourth-order valence-corrected chi connectivity index (χ4v) is 4.65. The molecule has 0 atom stereocenters. The number of hydrogen-bond acceptors (Lipinski definition) is 7. The van der Waals surface area contributed by atoms with E-state index in [-0.39, 0.29) is 13.3 Å². The van der Waals surface area contributed by atoms with Gasteiger partial charge in [-0.2, -0.15) is 4.37 Å². The van der Waals surface area contributed by atoms with Gasteiger partial charge in [-0.15, -0.1) is 0 Å². The van der Waals surface area contributed by atoms with Crippen LogP contribution in [0.4, 0.5) is 11.5 Å². The van der Waals surface area contributed by atoms with Crippen LogP contribution in [0.1, 0.15) is 41.2 Å². The summed E-state index contributed by atoms with van der Waals surface area (Å²) < 4.78 is 4.41. The number of nitrogen functional groups attached to an aromatic ring is 1. The van der Waals surface area contributed by atoms with Gasteiger partial charge in [-0.1, -0.05) is 19.6 Å². The maximum absolute atomic E-state index is 12.8. The predicted octanol–water partition coefficient (Wildman–Crippen LogP) is 3.90. The van der Waals surface area contributed by atoms with Gasteiger partial charge in [0.25, 0.3) is 5.91 Å². The average molecular weight is 441 g/mol. The Hall–Kier alpha value is -2.71. The summed E-state index contributed by atoms with van der Waals surface area (Å²) in [7, 11) is 2.17. The SMILES string of the molecule is C.Cc1nsc(C(=O)NCc2ccc3c(N)nccc3c2)c1NCC1CCN(C)CC1. The first-order valence-electron chi connectivity index (χ1n) is 10.3. The predicted molar refractivity (Wildman–Crippen MR) is 130 cm³/mol. The Morgan fingerprint density at radius 2 is 2.06 bits per heavy atom. The van der Waals surface area contributed by atoms with Gasteiger partial charge in [0.05, 0.1) is 11.4 Å². The van der Waals surface area contributed by atoms with Crippen LogP contribution in [0, 0.1) is 12.8 Å². The molecule has 3 aromatic rings. The number of anilines is 2. The zero-order chi connectivity index (χ0) is 21.1. The summed E-state index contributed by atoms with van der Waals surface area (Å²) >= 11 is 1.25. The molecule has 1 aromatic carbocycles. The number of nitrogens with one attached hydrogen (secondary N) is 2. The Balaban J connectivity index is 0.00000272. The Labute approximate surface area is 188 Å². The molecular weight excluding hydrogens is 408 g/mol. The highest BCUT2D eigenvalue weighted by atomic mass is 32.1. The second kappa shape index (κ2) is 10.1. The monoisotopic (exact) mass is 440 g/mol. The van der Waals surface area contributed by atoms with Crippen molar-refractivity contribution >= 4 is 39.7 Å². The molecule has 166 valence electrons. The second-order valence-electron chi connectivity index (χ2n) is 8.03. The largest absolute Gasteiger partial charge is 0.383 e. The lowest BCUT2D eigenvalue weighted by molar-refractivity contribution is 0.0955. The molecule has 3 heterocycles. The Morgan fingerprint density at radius 1 is 1.29 bits per heavy atom.